The number of rotatable bonds is 5. The number of nitrogens with two attached hydrogens (primary N) is 1. The first kappa shape index (κ1) is 13.0. The molecule has 96 valence electrons. The molecule has 0 saturated carbocycles. The van der Waals surface area contributed by atoms with Crippen LogP contribution in [0.4, 0.5) is 0 Å². The molecule has 2 aromatic rings. The smallest absolute Gasteiger partial charge is 0.245 e. The van der Waals surface area contributed by atoms with Crippen LogP contribution < -0.4 is 5.73 Å². The summed E-state index contributed by atoms with van der Waals surface area (Å²) < 4.78 is 10.0. The van der Waals surface area contributed by atoms with Crippen LogP contribution in [0.2, 0.25) is 5.02 Å². The minimum Gasteiger partial charge on any atom is -0.383 e. The number of hydrogen-bond donors (Lipinski definition) is 1. The van der Waals surface area contributed by atoms with Gasteiger partial charge in [0.2, 0.25) is 5.89 Å². The summed E-state index contributed by atoms with van der Waals surface area (Å²) in [5, 5.41) is 4.57. The van der Waals surface area contributed by atoms with Crippen molar-refractivity contribution in [3.63, 3.8) is 0 Å². The minimum atomic E-state index is -0.393. The van der Waals surface area contributed by atoms with E-state index in [9.17, 15) is 0 Å². The van der Waals surface area contributed by atoms with Crippen LogP contribution in [0.25, 0.3) is 0 Å². The lowest BCUT2D eigenvalue weighted by molar-refractivity contribution is 0.166. The Balaban J connectivity index is 2.06. The van der Waals surface area contributed by atoms with Gasteiger partial charge < -0.3 is 15.0 Å². The summed E-state index contributed by atoms with van der Waals surface area (Å²) in [7, 11) is 1.57. The molecule has 0 radical (unpaired) electrons. The van der Waals surface area contributed by atoms with Crippen molar-refractivity contribution in [1.82, 2.24) is 10.1 Å². The molecule has 0 amide bonds. The maximum Gasteiger partial charge on any atom is 0.245 e. The fourth-order valence-corrected chi connectivity index (χ4v) is 1.78. The van der Waals surface area contributed by atoms with E-state index in [-0.39, 0.29) is 0 Å². The van der Waals surface area contributed by atoms with E-state index in [1.54, 1.807) is 7.11 Å². The second kappa shape index (κ2) is 5.95. The summed E-state index contributed by atoms with van der Waals surface area (Å²) >= 11 is 5.91. The van der Waals surface area contributed by atoms with E-state index in [4.69, 9.17) is 26.6 Å². The Bertz CT molecular complexity index is 516. The molecular weight excluding hydrogens is 254 g/mol. The summed E-state index contributed by atoms with van der Waals surface area (Å²) in [6, 6.07) is 7.14. The fourth-order valence-electron chi connectivity index (χ4n) is 1.57. The third kappa shape index (κ3) is 3.29. The van der Waals surface area contributed by atoms with Gasteiger partial charge in [-0.3, -0.25) is 0 Å². The predicted octanol–water partition coefficient (Wildman–Crippen LogP) is 1.96. The Morgan fingerprint density at radius 1 is 1.50 bits per heavy atom. The molecule has 0 spiro atoms. The number of benzene rings is 1. The topological polar surface area (TPSA) is 74.2 Å². The monoisotopic (exact) mass is 267 g/mol. The summed E-state index contributed by atoms with van der Waals surface area (Å²) in [5.41, 5.74) is 6.82. The molecule has 1 unspecified atom stereocenters. The van der Waals surface area contributed by atoms with Crippen LogP contribution in [0, 0.1) is 0 Å². The zero-order valence-corrected chi connectivity index (χ0v) is 10.7. The van der Waals surface area contributed by atoms with Gasteiger partial charge >= 0.3 is 0 Å². The van der Waals surface area contributed by atoms with Crippen molar-refractivity contribution in [2.75, 3.05) is 13.7 Å². The summed E-state index contributed by atoms with van der Waals surface area (Å²) in [6.45, 7) is 0.346. The molecule has 0 saturated heterocycles. The molecule has 2 N–H and O–H groups in total. The highest BCUT2D eigenvalue weighted by Crippen LogP contribution is 2.14. The zero-order valence-electron chi connectivity index (χ0n) is 9.97. The van der Waals surface area contributed by atoms with Crippen molar-refractivity contribution >= 4 is 11.6 Å². The maximum absolute atomic E-state index is 5.91. The van der Waals surface area contributed by atoms with Crippen LogP contribution in [-0.2, 0) is 11.2 Å². The SMILES string of the molecule is COCC(N)c1nc(Cc2cccc(Cl)c2)no1. The lowest BCUT2D eigenvalue weighted by atomic mass is 10.1. The molecule has 1 aromatic heterocycles. The van der Waals surface area contributed by atoms with Gasteiger partial charge in [-0.15, -0.1) is 0 Å². The molecule has 1 atom stereocenters. The second-order valence-corrected chi connectivity index (χ2v) is 4.35. The summed E-state index contributed by atoms with van der Waals surface area (Å²) in [6.07, 6.45) is 0.559. The van der Waals surface area contributed by atoms with Crippen LogP contribution in [0.1, 0.15) is 23.3 Å². The number of nitrogens with zero attached hydrogens (tertiary/aromatic N) is 2. The van der Waals surface area contributed by atoms with Crippen LogP contribution in [0.3, 0.4) is 0 Å². The van der Waals surface area contributed by atoms with Crippen LogP contribution in [0.15, 0.2) is 28.8 Å². The average molecular weight is 268 g/mol. The first-order valence-corrected chi connectivity index (χ1v) is 5.88. The van der Waals surface area contributed by atoms with Gasteiger partial charge in [0.1, 0.15) is 6.04 Å². The Morgan fingerprint density at radius 2 is 2.33 bits per heavy atom. The number of methoxy groups -OCH3 is 1. The van der Waals surface area contributed by atoms with Gasteiger partial charge in [0, 0.05) is 18.6 Å². The molecule has 0 aliphatic heterocycles. The van der Waals surface area contributed by atoms with Gasteiger partial charge in [0.05, 0.1) is 6.61 Å². The first-order chi connectivity index (χ1) is 8.69. The van der Waals surface area contributed by atoms with Crippen molar-refractivity contribution < 1.29 is 9.26 Å². The van der Waals surface area contributed by atoms with Gasteiger partial charge in [-0.2, -0.15) is 4.98 Å². The molecule has 0 bridgehead atoms. The molecule has 18 heavy (non-hydrogen) atoms. The van der Waals surface area contributed by atoms with Crippen LogP contribution in [-0.4, -0.2) is 23.9 Å². The van der Waals surface area contributed by atoms with Gasteiger partial charge in [-0.05, 0) is 17.7 Å². The third-order valence-corrected chi connectivity index (χ3v) is 2.63. The number of aromatic nitrogens is 2. The Kier molecular flexibility index (Phi) is 4.30. The van der Waals surface area contributed by atoms with Gasteiger partial charge in [-0.1, -0.05) is 28.9 Å². The number of hydrogen-bond acceptors (Lipinski definition) is 5. The molecule has 0 aliphatic rings. The number of halogens is 1. The maximum atomic E-state index is 5.91. The Labute approximate surface area is 110 Å². The van der Waals surface area contributed by atoms with Crippen molar-refractivity contribution in [3.8, 4) is 0 Å². The minimum absolute atomic E-state index is 0.346. The van der Waals surface area contributed by atoms with Gasteiger partial charge in [-0.25, -0.2) is 0 Å². The van der Waals surface area contributed by atoms with Crippen molar-refractivity contribution in [2.24, 2.45) is 5.73 Å². The summed E-state index contributed by atoms with van der Waals surface area (Å²) in [4.78, 5) is 4.23. The quantitative estimate of drug-likeness (QED) is 0.896. The predicted molar refractivity (Wildman–Crippen MR) is 67.4 cm³/mol. The lowest BCUT2D eigenvalue weighted by Crippen LogP contribution is -2.16. The normalized spacial score (nSPS) is 12.6. The highest BCUT2D eigenvalue weighted by Gasteiger charge is 2.14. The molecule has 0 fully saturated rings. The van der Waals surface area contributed by atoms with E-state index in [0.29, 0.717) is 29.8 Å². The second-order valence-electron chi connectivity index (χ2n) is 3.92. The van der Waals surface area contributed by atoms with E-state index in [2.05, 4.69) is 10.1 Å². The molecular formula is C12H14ClN3O2. The van der Waals surface area contributed by atoms with Crippen LogP contribution in [0.5, 0.6) is 0 Å². The molecule has 0 aliphatic carbocycles. The molecule has 1 heterocycles. The highest BCUT2D eigenvalue weighted by molar-refractivity contribution is 6.30. The van der Waals surface area contributed by atoms with E-state index in [0.717, 1.165) is 5.56 Å². The van der Waals surface area contributed by atoms with Crippen molar-refractivity contribution in [2.45, 2.75) is 12.5 Å². The van der Waals surface area contributed by atoms with Crippen LogP contribution >= 0.6 is 11.6 Å². The first-order valence-electron chi connectivity index (χ1n) is 5.50. The van der Waals surface area contributed by atoms with E-state index < -0.39 is 6.04 Å². The van der Waals surface area contributed by atoms with Gasteiger partial charge in [0.25, 0.3) is 0 Å². The summed E-state index contributed by atoms with van der Waals surface area (Å²) in [5.74, 6) is 0.965. The van der Waals surface area contributed by atoms with Crippen molar-refractivity contribution in [1.29, 1.82) is 0 Å². The lowest BCUT2D eigenvalue weighted by Gasteiger charge is -2.02. The van der Waals surface area contributed by atoms with E-state index in [1.165, 1.54) is 0 Å². The van der Waals surface area contributed by atoms with E-state index >= 15 is 0 Å². The van der Waals surface area contributed by atoms with E-state index in [1.807, 2.05) is 24.3 Å². The Morgan fingerprint density at radius 3 is 3.06 bits per heavy atom. The highest BCUT2D eigenvalue weighted by atomic mass is 35.5. The number of ether oxygens (including phenoxy) is 1. The zero-order chi connectivity index (χ0) is 13.0. The molecule has 6 heteroatoms. The largest absolute Gasteiger partial charge is 0.383 e. The standard InChI is InChI=1S/C12H14ClN3O2/c1-17-7-10(14)12-15-11(16-18-12)6-8-3-2-4-9(13)5-8/h2-5,10H,6-7,14H2,1H3. The Hall–Kier alpha value is -1.43. The fraction of sp³-hybridized carbons (Fsp3) is 0.333. The molecule has 5 nitrogen and oxygen atoms in total. The van der Waals surface area contributed by atoms with Crippen molar-refractivity contribution in [3.05, 3.63) is 46.6 Å². The van der Waals surface area contributed by atoms with Gasteiger partial charge in [0.15, 0.2) is 5.82 Å². The third-order valence-electron chi connectivity index (χ3n) is 2.40. The molecule has 2 rings (SSSR count). The molecule has 1 aromatic carbocycles. The average Bonchev–Trinajstić information content (AvgIpc) is 2.78.